The van der Waals surface area contributed by atoms with E-state index in [1.165, 1.54) is 0 Å². The lowest BCUT2D eigenvalue weighted by Gasteiger charge is -2.13. The molecule has 1 aromatic carbocycles. The second-order valence-corrected chi connectivity index (χ2v) is 7.42. The Morgan fingerprint density at radius 1 is 1.27 bits per heavy atom. The number of carbonyl (C=O) groups excluding carboxylic acids is 2. The van der Waals surface area contributed by atoms with E-state index in [1.807, 2.05) is 45.0 Å². The van der Waals surface area contributed by atoms with Crippen LogP contribution >= 0.6 is 23.4 Å². The second kappa shape index (κ2) is 7.06. The number of terminal acetylenes is 1. The second-order valence-electron chi connectivity index (χ2n) is 6.02. The van der Waals surface area contributed by atoms with Gasteiger partial charge in [-0.15, -0.1) is 6.42 Å². The van der Waals surface area contributed by atoms with Gasteiger partial charge in [0.15, 0.2) is 0 Å². The fourth-order valence-electron chi connectivity index (χ4n) is 3.01. The summed E-state index contributed by atoms with van der Waals surface area (Å²) >= 11 is 7.18. The van der Waals surface area contributed by atoms with Crippen LogP contribution in [0.25, 0.3) is 11.8 Å². The molecule has 2 heterocycles. The molecule has 0 spiro atoms. The molecule has 2 aromatic rings. The third-order valence-corrected chi connectivity index (χ3v) is 5.68. The number of nitrogens with zero attached hydrogens (tertiary/aromatic N) is 2. The first-order valence-corrected chi connectivity index (χ1v) is 9.18. The van der Waals surface area contributed by atoms with Crippen LogP contribution in [0.5, 0.6) is 0 Å². The number of imide groups is 1. The molecular weight excluding hydrogens is 368 g/mol. The highest BCUT2D eigenvalue weighted by Crippen LogP contribution is 2.34. The summed E-state index contributed by atoms with van der Waals surface area (Å²) in [4.78, 5) is 25.8. The first-order chi connectivity index (χ1) is 12.3. The van der Waals surface area contributed by atoms with E-state index in [1.54, 1.807) is 6.08 Å². The molecule has 1 aliphatic heterocycles. The Labute approximate surface area is 161 Å². The maximum atomic E-state index is 12.4. The Morgan fingerprint density at radius 2 is 2.00 bits per heavy atom. The van der Waals surface area contributed by atoms with Crippen LogP contribution < -0.4 is 0 Å². The van der Waals surface area contributed by atoms with E-state index in [-0.39, 0.29) is 17.7 Å². The van der Waals surface area contributed by atoms with E-state index in [0.717, 1.165) is 44.9 Å². The van der Waals surface area contributed by atoms with Crippen molar-refractivity contribution >= 4 is 40.6 Å². The van der Waals surface area contributed by atoms with Gasteiger partial charge < -0.3 is 4.57 Å². The SMILES string of the molecule is C#CCN1C(=O)S/C(=C\c2cc(C)n(-c3cccc(Cl)c3C)c2C)C1=O. The van der Waals surface area contributed by atoms with Gasteiger partial charge in [0.05, 0.1) is 11.4 Å². The Hall–Kier alpha value is -2.42. The van der Waals surface area contributed by atoms with Crippen LogP contribution in [0, 0.1) is 33.1 Å². The largest absolute Gasteiger partial charge is 0.318 e. The van der Waals surface area contributed by atoms with Gasteiger partial charge in [-0.2, -0.15) is 0 Å². The van der Waals surface area contributed by atoms with E-state index in [2.05, 4.69) is 10.5 Å². The number of thioether (sulfide) groups is 1. The minimum atomic E-state index is -0.346. The van der Waals surface area contributed by atoms with Crippen LogP contribution in [0.4, 0.5) is 4.79 Å². The van der Waals surface area contributed by atoms with Gasteiger partial charge >= 0.3 is 0 Å². The van der Waals surface area contributed by atoms with Crippen LogP contribution in [-0.4, -0.2) is 27.2 Å². The van der Waals surface area contributed by atoms with Gasteiger partial charge in [0, 0.05) is 22.1 Å². The molecule has 1 aliphatic rings. The Morgan fingerprint density at radius 3 is 2.69 bits per heavy atom. The zero-order valence-corrected chi connectivity index (χ0v) is 16.2. The van der Waals surface area contributed by atoms with Crippen molar-refractivity contribution in [2.24, 2.45) is 0 Å². The number of halogens is 1. The zero-order chi connectivity index (χ0) is 19.0. The summed E-state index contributed by atoms with van der Waals surface area (Å²) in [6, 6.07) is 7.77. The number of aromatic nitrogens is 1. The Kier molecular flexibility index (Phi) is 4.99. The highest BCUT2D eigenvalue weighted by molar-refractivity contribution is 8.18. The normalized spacial score (nSPS) is 15.8. The summed E-state index contributed by atoms with van der Waals surface area (Å²) in [7, 11) is 0. The van der Waals surface area contributed by atoms with Gasteiger partial charge in [-0.05, 0) is 67.9 Å². The van der Waals surface area contributed by atoms with Crippen molar-refractivity contribution in [2.45, 2.75) is 20.8 Å². The topological polar surface area (TPSA) is 42.3 Å². The minimum absolute atomic E-state index is 0.0112. The first-order valence-electron chi connectivity index (χ1n) is 7.98. The van der Waals surface area contributed by atoms with E-state index < -0.39 is 0 Å². The third kappa shape index (κ3) is 3.07. The van der Waals surface area contributed by atoms with Crippen molar-refractivity contribution in [1.82, 2.24) is 9.47 Å². The molecule has 0 N–H and O–H groups in total. The zero-order valence-electron chi connectivity index (χ0n) is 14.7. The molecule has 2 amide bonds. The van der Waals surface area contributed by atoms with E-state index in [9.17, 15) is 9.59 Å². The third-order valence-electron chi connectivity index (χ3n) is 4.36. The van der Waals surface area contributed by atoms with Gasteiger partial charge in [0.1, 0.15) is 0 Å². The molecule has 0 atom stereocenters. The summed E-state index contributed by atoms with van der Waals surface area (Å²) in [6.07, 6.45) is 6.98. The summed E-state index contributed by atoms with van der Waals surface area (Å²) in [5.41, 5.74) is 4.84. The smallest absolute Gasteiger partial charge is 0.294 e. The molecule has 0 radical (unpaired) electrons. The molecule has 0 unspecified atom stereocenters. The molecule has 3 rings (SSSR count). The quantitative estimate of drug-likeness (QED) is 0.567. The molecule has 132 valence electrons. The average molecular weight is 385 g/mol. The van der Waals surface area contributed by atoms with Crippen molar-refractivity contribution in [2.75, 3.05) is 6.54 Å². The predicted octanol–water partition coefficient (Wildman–Crippen LogP) is 4.73. The van der Waals surface area contributed by atoms with E-state index in [4.69, 9.17) is 18.0 Å². The van der Waals surface area contributed by atoms with Crippen molar-refractivity contribution in [3.05, 3.63) is 56.7 Å². The van der Waals surface area contributed by atoms with Crippen molar-refractivity contribution in [3.8, 4) is 18.0 Å². The van der Waals surface area contributed by atoms with Crippen molar-refractivity contribution < 1.29 is 9.59 Å². The lowest BCUT2D eigenvalue weighted by atomic mass is 10.2. The number of aryl methyl sites for hydroxylation is 1. The fraction of sp³-hybridized carbons (Fsp3) is 0.200. The monoisotopic (exact) mass is 384 g/mol. The van der Waals surface area contributed by atoms with Crippen LogP contribution in [0.1, 0.15) is 22.5 Å². The van der Waals surface area contributed by atoms with Crippen LogP contribution in [0.3, 0.4) is 0 Å². The molecule has 6 heteroatoms. The summed E-state index contributed by atoms with van der Waals surface area (Å²) < 4.78 is 2.10. The van der Waals surface area contributed by atoms with Gasteiger partial charge in [-0.3, -0.25) is 14.5 Å². The summed E-state index contributed by atoms with van der Waals surface area (Å²) in [6.45, 7) is 5.93. The predicted molar refractivity (Wildman–Crippen MR) is 107 cm³/mol. The standard InChI is InChI=1S/C20H17ClN2O2S/c1-5-9-22-19(24)18(26-20(22)25)11-15-10-12(2)23(14(15)4)17-8-6-7-16(21)13(17)3/h1,6-8,10-11H,9H2,2-4H3/b18-11-. The number of rotatable bonds is 3. The number of carbonyl (C=O) groups is 2. The highest BCUT2D eigenvalue weighted by Gasteiger charge is 2.34. The Bertz CT molecular complexity index is 998. The average Bonchev–Trinajstić information content (AvgIpc) is 3.01. The molecule has 0 aliphatic carbocycles. The lowest BCUT2D eigenvalue weighted by Crippen LogP contribution is -2.28. The summed E-state index contributed by atoms with van der Waals surface area (Å²) in [5, 5.41) is 0.366. The van der Waals surface area contributed by atoms with Gasteiger partial charge in [0.25, 0.3) is 11.1 Å². The van der Waals surface area contributed by atoms with Crippen LogP contribution in [-0.2, 0) is 4.79 Å². The molecule has 1 aromatic heterocycles. The van der Waals surface area contributed by atoms with E-state index >= 15 is 0 Å². The van der Waals surface area contributed by atoms with Gasteiger partial charge in [-0.25, -0.2) is 0 Å². The number of hydrogen-bond acceptors (Lipinski definition) is 3. The molecular formula is C20H17ClN2O2S. The minimum Gasteiger partial charge on any atom is -0.318 e. The molecule has 0 saturated carbocycles. The molecule has 26 heavy (non-hydrogen) atoms. The van der Waals surface area contributed by atoms with Crippen LogP contribution in [0.2, 0.25) is 5.02 Å². The molecule has 1 saturated heterocycles. The number of benzene rings is 1. The van der Waals surface area contributed by atoms with E-state index in [0.29, 0.717) is 9.93 Å². The molecule has 0 bridgehead atoms. The summed E-state index contributed by atoms with van der Waals surface area (Å²) in [5.74, 6) is 1.99. The number of hydrogen-bond donors (Lipinski definition) is 0. The molecule has 4 nitrogen and oxygen atoms in total. The maximum absolute atomic E-state index is 12.4. The van der Waals surface area contributed by atoms with Crippen molar-refractivity contribution in [3.63, 3.8) is 0 Å². The first kappa shape index (κ1) is 18.4. The fourth-order valence-corrected chi connectivity index (χ4v) is 4.01. The highest BCUT2D eigenvalue weighted by atomic mass is 35.5. The molecule has 1 fully saturated rings. The van der Waals surface area contributed by atoms with Gasteiger partial charge in [0.2, 0.25) is 0 Å². The lowest BCUT2D eigenvalue weighted by molar-refractivity contribution is -0.122. The van der Waals surface area contributed by atoms with Gasteiger partial charge in [-0.1, -0.05) is 23.6 Å². The van der Waals surface area contributed by atoms with Crippen LogP contribution in [0.15, 0.2) is 29.2 Å². The Balaban J connectivity index is 2.05. The van der Waals surface area contributed by atoms with Crippen molar-refractivity contribution in [1.29, 1.82) is 0 Å². The maximum Gasteiger partial charge on any atom is 0.294 e. The number of amides is 2.